The molecule has 0 aliphatic heterocycles. The van der Waals surface area contributed by atoms with Crippen LogP contribution in [0.1, 0.15) is 21.2 Å². The van der Waals surface area contributed by atoms with Crippen LogP contribution in [-0.4, -0.2) is 27.0 Å². The zero-order valence-electron chi connectivity index (χ0n) is 15.6. The van der Waals surface area contributed by atoms with Gasteiger partial charge in [-0.1, -0.05) is 12.1 Å². The van der Waals surface area contributed by atoms with Crippen LogP contribution < -0.4 is 5.32 Å². The lowest BCUT2D eigenvalue weighted by molar-refractivity contribution is 0.0955. The fraction of sp³-hybridized carbons (Fsp3) is 0.190. The molecule has 1 N–H and O–H groups in total. The van der Waals surface area contributed by atoms with E-state index in [1.54, 1.807) is 12.1 Å². The zero-order valence-corrected chi connectivity index (χ0v) is 16.4. The molecular formula is C21H19FN4OS. The third-order valence-electron chi connectivity index (χ3n) is 4.56. The minimum absolute atomic E-state index is 0.148. The van der Waals surface area contributed by atoms with Gasteiger partial charge < -0.3 is 9.88 Å². The van der Waals surface area contributed by atoms with Gasteiger partial charge in [-0.3, -0.25) is 4.79 Å². The summed E-state index contributed by atoms with van der Waals surface area (Å²) in [5.74, 6) is 0.478. The molecule has 4 rings (SSSR count). The molecule has 2 aromatic carbocycles. The number of amides is 1. The van der Waals surface area contributed by atoms with Crippen LogP contribution in [0.3, 0.4) is 0 Å². The molecule has 7 heteroatoms. The molecule has 0 spiro atoms. The van der Waals surface area contributed by atoms with Crippen LogP contribution in [0.5, 0.6) is 0 Å². The molecule has 1 amide bonds. The second-order valence-electron chi connectivity index (χ2n) is 6.50. The number of rotatable bonds is 5. The summed E-state index contributed by atoms with van der Waals surface area (Å²) in [7, 11) is 0. The fourth-order valence-electron chi connectivity index (χ4n) is 3.16. The van der Waals surface area contributed by atoms with E-state index in [4.69, 9.17) is 0 Å². The van der Waals surface area contributed by atoms with Crippen LogP contribution in [0.4, 0.5) is 4.39 Å². The predicted octanol–water partition coefficient (Wildman–Crippen LogP) is 4.35. The maximum atomic E-state index is 13.1. The van der Waals surface area contributed by atoms with Gasteiger partial charge in [-0.15, -0.1) is 11.3 Å². The van der Waals surface area contributed by atoms with Crippen molar-refractivity contribution in [3.63, 3.8) is 0 Å². The number of fused-ring (bicyclic) bond motifs is 1. The number of benzene rings is 2. The SMILES string of the molecule is Cc1nc(-c2ccc(F)cc2)sc1C(=O)NCCn1c(C)nc2ccccc21. The molecule has 0 saturated heterocycles. The number of aryl methyl sites for hydroxylation is 2. The number of hydrogen-bond acceptors (Lipinski definition) is 4. The first-order valence-corrected chi connectivity index (χ1v) is 9.78. The largest absolute Gasteiger partial charge is 0.349 e. The van der Waals surface area contributed by atoms with Gasteiger partial charge in [0.25, 0.3) is 5.91 Å². The normalized spacial score (nSPS) is 11.1. The number of nitrogens with zero attached hydrogens (tertiary/aromatic N) is 3. The quantitative estimate of drug-likeness (QED) is 0.548. The summed E-state index contributed by atoms with van der Waals surface area (Å²) in [6, 6.07) is 14.1. The van der Waals surface area contributed by atoms with E-state index < -0.39 is 0 Å². The van der Waals surface area contributed by atoms with E-state index in [9.17, 15) is 9.18 Å². The zero-order chi connectivity index (χ0) is 19.7. The van der Waals surface area contributed by atoms with Crippen molar-refractivity contribution in [2.24, 2.45) is 0 Å². The van der Waals surface area contributed by atoms with E-state index in [1.807, 2.05) is 38.1 Å². The molecule has 0 fully saturated rings. The number of aromatic nitrogens is 3. The van der Waals surface area contributed by atoms with E-state index in [-0.39, 0.29) is 11.7 Å². The van der Waals surface area contributed by atoms with Gasteiger partial charge in [0.2, 0.25) is 0 Å². The van der Waals surface area contributed by atoms with Crippen molar-refractivity contribution in [3.05, 3.63) is 70.7 Å². The molecule has 0 saturated carbocycles. The number of imidazole rings is 1. The van der Waals surface area contributed by atoms with Crippen molar-refractivity contribution in [2.45, 2.75) is 20.4 Å². The summed E-state index contributed by atoms with van der Waals surface area (Å²) in [6.07, 6.45) is 0. The predicted molar refractivity (Wildman–Crippen MR) is 109 cm³/mol. The average Bonchev–Trinajstić information content (AvgIpc) is 3.22. The van der Waals surface area contributed by atoms with Crippen LogP contribution >= 0.6 is 11.3 Å². The number of thiazole rings is 1. The van der Waals surface area contributed by atoms with E-state index in [0.717, 1.165) is 22.4 Å². The van der Waals surface area contributed by atoms with Crippen molar-refractivity contribution in [2.75, 3.05) is 6.54 Å². The van der Waals surface area contributed by atoms with Crippen molar-refractivity contribution in [3.8, 4) is 10.6 Å². The van der Waals surface area contributed by atoms with E-state index in [0.29, 0.717) is 28.7 Å². The number of para-hydroxylation sites is 2. The number of nitrogens with one attached hydrogen (secondary N) is 1. The van der Waals surface area contributed by atoms with Crippen molar-refractivity contribution < 1.29 is 9.18 Å². The Bertz CT molecular complexity index is 1150. The smallest absolute Gasteiger partial charge is 0.263 e. The fourth-order valence-corrected chi connectivity index (χ4v) is 4.15. The molecule has 0 aliphatic carbocycles. The first-order valence-electron chi connectivity index (χ1n) is 8.96. The Labute approximate surface area is 165 Å². The van der Waals surface area contributed by atoms with Gasteiger partial charge in [-0.05, 0) is 50.2 Å². The molecule has 2 aromatic heterocycles. The minimum Gasteiger partial charge on any atom is -0.349 e. The Morgan fingerprint density at radius 3 is 2.64 bits per heavy atom. The molecule has 5 nitrogen and oxygen atoms in total. The highest BCUT2D eigenvalue weighted by Gasteiger charge is 2.16. The molecule has 0 aliphatic rings. The van der Waals surface area contributed by atoms with Crippen molar-refractivity contribution in [1.82, 2.24) is 19.9 Å². The first kappa shape index (κ1) is 18.3. The highest BCUT2D eigenvalue weighted by Crippen LogP contribution is 2.28. The van der Waals surface area contributed by atoms with Crippen molar-refractivity contribution >= 4 is 28.3 Å². The molecule has 0 bridgehead atoms. The summed E-state index contributed by atoms with van der Waals surface area (Å²) in [5.41, 5.74) is 3.48. The molecule has 4 aromatic rings. The monoisotopic (exact) mass is 394 g/mol. The Hall–Kier alpha value is -3.06. The second-order valence-corrected chi connectivity index (χ2v) is 7.49. The highest BCUT2D eigenvalue weighted by atomic mass is 32.1. The standard InChI is InChI=1S/C21H19FN4OS/c1-13-19(28-21(24-13)15-7-9-16(22)10-8-15)20(27)23-11-12-26-14(2)25-17-5-3-4-6-18(17)26/h3-10H,11-12H2,1-2H3,(H,23,27). The Morgan fingerprint density at radius 2 is 1.86 bits per heavy atom. The van der Waals surface area contributed by atoms with Gasteiger partial charge in [0.1, 0.15) is 21.5 Å². The lowest BCUT2D eigenvalue weighted by Crippen LogP contribution is -2.27. The van der Waals surface area contributed by atoms with Gasteiger partial charge in [0.05, 0.1) is 16.7 Å². The second kappa shape index (κ2) is 7.52. The van der Waals surface area contributed by atoms with Crippen LogP contribution in [-0.2, 0) is 6.54 Å². The van der Waals surface area contributed by atoms with Crippen LogP contribution in [0.25, 0.3) is 21.6 Å². The summed E-state index contributed by atoms with van der Waals surface area (Å²) < 4.78 is 15.2. The topological polar surface area (TPSA) is 59.8 Å². The molecule has 142 valence electrons. The van der Waals surface area contributed by atoms with Gasteiger partial charge >= 0.3 is 0 Å². The lowest BCUT2D eigenvalue weighted by Gasteiger charge is -2.08. The molecule has 0 unspecified atom stereocenters. The van der Waals surface area contributed by atoms with E-state index in [2.05, 4.69) is 19.9 Å². The Morgan fingerprint density at radius 1 is 1.11 bits per heavy atom. The molecule has 28 heavy (non-hydrogen) atoms. The number of halogens is 1. The molecule has 0 radical (unpaired) electrons. The van der Waals surface area contributed by atoms with Crippen LogP contribution in [0.2, 0.25) is 0 Å². The van der Waals surface area contributed by atoms with Crippen molar-refractivity contribution in [1.29, 1.82) is 0 Å². The van der Waals surface area contributed by atoms with Gasteiger partial charge in [-0.25, -0.2) is 14.4 Å². The highest BCUT2D eigenvalue weighted by molar-refractivity contribution is 7.17. The Kier molecular flexibility index (Phi) is 4.92. The third kappa shape index (κ3) is 3.53. The van der Waals surface area contributed by atoms with Crippen LogP contribution in [0.15, 0.2) is 48.5 Å². The summed E-state index contributed by atoms with van der Waals surface area (Å²) in [4.78, 5) is 22.2. The summed E-state index contributed by atoms with van der Waals surface area (Å²) >= 11 is 1.32. The number of carbonyl (C=O) groups excluding carboxylic acids is 1. The molecule has 2 heterocycles. The average molecular weight is 394 g/mol. The number of hydrogen-bond donors (Lipinski definition) is 1. The molecule has 0 atom stereocenters. The van der Waals surface area contributed by atoms with Gasteiger partial charge in [-0.2, -0.15) is 0 Å². The van der Waals surface area contributed by atoms with E-state index >= 15 is 0 Å². The minimum atomic E-state index is -0.294. The summed E-state index contributed by atoms with van der Waals surface area (Å²) in [6.45, 7) is 4.90. The van der Waals surface area contributed by atoms with Gasteiger partial charge in [0, 0.05) is 18.7 Å². The Balaban J connectivity index is 1.45. The first-order chi connectivity index (χ1) is 13.5. The lowest BCUT2D eigenvalue weighted by atomic mass is 10.2. The van der Waals surface area contributed by atoms with E-state index in [1.165, 1.54) is 23.5 Å². The maximum Gasteiger partial charge on any atom is 0.263 e. The summed E-state index contributed by atoms with van der Waals surface area (Å²) in [5, 5.41) is 3.67. The molecular weight excluding hydrogens is 375 g/mol. The maximum absolute atomic E-state index is 13.1. The van der Waals surface area contributed by atoms with Crippen LogP contribution in [0, 0.1) is 19.7 Å². The third-order valence-corrected chi connectivity index (χ3v) is 5.77. The van der Waals surface area contributed by atoms with Gasteiger partial charge in [0.15, 0.2) is 0 Å². The number of carbonyl (C=O) groups is 1.